The Morgan fingerprint density at radius 2 is 2.08 bits per heavy atom. The second kappa shape index (κ2) is 3.78. The molecule has 0 unspecified atom stereocenters. The largest absolute Gasteiger partial charge is 0.325 e. The summed E-state index contributed by atoms with van der Waals surface area (Å²) >= 11 is 11.4. The molecule has 0 aromatic heterocycles. The van der Waals surface area contributed by atoms with Gasteiger partial charge in [0.15, 0.2) is 0 Å². The van der Waals surface area contributed by atoms with Crippen LogP contribution in [-0.2, 0) is 4.79 Å². The highest BCUT2D eigenvalue weighted by molar-refractivity contribution is 6.36. The Kier molecular flexibility index (Phi) is 2.95. The summed E-state index contributed by atoms with van der Waals surface area (Å²) in [6.07, 6.45) is 0. The lowest BCUT2D eigenvalue weighted by Crippen LogP contribution is -2.05. The monoisotopic (exact) mass is 203 g/mol. The Bertz CT molecular complexity index is 312. The lowest BCUT2D eigenvalue weighted by Gasteiger charge is -2.03. The second-order valence-corrected chi connectivity index (χ2v) is 3.15. The average molecular weight is 204 g/mol. The van der Waals surface area contributed by atoms with Crippen LogP contribution in [0.4, 0.5) is 5.69 Å². The number of hydrogen-bond acceptors (Lipinski definition) is 1. The Labute approximate surface area is 80.5 Å². The molecule has 1 aromatic rings. The molecule has 1 rings (SSSR count). The summed E-state index contributed by atoms with van der Waals surface area (Å²) in [5, 5.41) is 3.56. The topological polar surface area (TPSA) is 29.1 Å². The first-order valence-electron chi connectivity index (χ1n) is 3.32. The quantitative estimate of drug-likeness (QED) is 0.748. The fourth-order valence-electron chi connectivity index (χ4n) is 0.780. The summed E-state index contributed by atoms with van der Waals surface area (Å²) in [5.41, 5.74) is 0.577. The minimum absolute atomic E-state index is 0.153. The van der Waals surface area contributed by atoms with Crippen LogP contribution in [0.15, 0.2) is 18.2 Å². The molecule has 0 aliphatic carbocycles. The molecule has 1 N–H and O–H groups in total. The molecule has 0 saturated carbocycles. The molecule has 4 heteroatoms. The standard InChI is InChI=1S/C8H7Cl2NO/c1-5(12)11-8-3-2-6(9)4-7(8)10/h2-4H,1H3,(H,11,12). The molecule has 0 aliphatic rings. The summed E-state index contributed by atoms with van der Waals surface area (Å²) in [6, 6.07) is 4.90. The van der Waals surface area contributed by atoms with E-state index in [9.17, 15) is 4.79 Å². The molecule has 1 aromatic carbocycles. The summed E-state index contributed by atoms with van der Waals surface area (Å²) in [7, 11) is 0. The van der Waals surface area contributed by atoms with Gasteiger partial charge in [-0.05, 0) is 18.2 Å². The van der Waals surface area contributed by atoms with Crippen molar-refractivity contribution in [3.05, 3.63) is 28.2 Å². The van der Waals surface area contributed by atoms with Gasteiger partial charge in [0.1, 0.15) is 0 Å². The molecular weight excluding hydrogens is 197 g/mol. The molecule has 1 amide bonds. The van der Waals surface area contributed by atoms with E-state index in [1.807, 2.05) is 0 Å². The molecule has 64 valence electrons. The van der Waals surface area contributed by atoms with Crippen molar-refractivity contribution in [3.63, 3.8) is 0 Å². The molecule has 12 heavy (non-hydrogen) atoms. The summed E-state index contributed by atoms with van der Waals surface area (Å²) in [6.45, 7) is 1.42. The van der Waals surface area contributed by atoms with Crippen molar-refractivity contribution < 1.29 is 4.79 Å². The zero-order chi connectivity index (χ0) is 9.14. The van der Waals surface area contributed by atoms with Crippen molar-refractivity contribution in [3.8, 4) is 0 Å². The van der Waals surface area contributed by atoms with E-state index in [-0.39, 0.29) is 5.91 Å². The van der Waals surface area contributed by atoms with Crippen molar-refractivity contribution in [1.29, 1.82) is 0 Å². The number of amides is 1. The van der Waals surface area contributed by atoms with Gasteiger partial charge < -0.3 is 5.32 Å². The summed E-state index contributed by atoms with van der Waals surface area (Å²) in [5.74, 6) is -0.153. The Morgan fingerprint density at radius 1 is 1.42 bits per heavy atom. The normalized spacial score (nSPS) is 9.58. The summed E-state index contributed by atoms with van der Waals surface area (Å²) in [4.78, 5) is 10.6. The van der Waals surface area contributed by atoms with Gasteiger partial charge in [-0.3, -0.25) is 4.79 Å². The third-order valence-electron chi connectivity index (χ3n) is 1.24. The third-order valence-corrected chi connectivity index (χ3v) is 1.79. The van der Waals surface area contributed by atoms with E-state index >= 15 is 0 Å². The van der Waals surface area contributed by atoms with Crippen LogP contribution >= 0.6 is 23.2 Å². The Morgan fingerprint density at radius 3 is 2.58 bits per heavy atom. The van der Waals surface area contributed by atoms with E-state index < -0.39 is 0 Å². The molecular formula is C8H7Cl2NO. The molecule has 0 fully saturated rings. The molecule has 0 aliphatic heterocycles. The predicted octanol–water partition coefficient (Wildman–Crippen LogP) is 2.95. The average Bonchev–Trinajstić information content (AvgIpc) is 1.94. The van der Waals surface area contributed by atoms with Crippen LogP contribution < -0.4 is 5.32 Å². The van der Waals surface area contributed by atoms with Gasteiger partial charge in [-0.2, -0.15) is 0 Å². The smallest absolute Gasteiger partial charge is 0.221 e. The number of benzene rings is 1. The van der Waals surface area contributed by atoms with Gasteiger partial charge in [0, 0.05) is 11.9 Å². The van der Waals surface area contributed by atoms with Crippen molar-refractivity contribution in [1.82, 2.24) is 0 Å². The second-order valence-electron chi connectivity index (χ2n) is 2.31. The van der Waals surface area contributed by atoms with Crippen molar-refractivity contribution in [2.24, 2.45) is 0 Å². The minimum Gasteiger partial charge on any atom is -0.325 e. The van der Waals surface area contributed by atoms with Gasteiger partial charge in [-0.1, -0.05) is 23.2 Å². The SMILES string of the molecule is CC(=O)Nc1ccc(Cl)cc1Cl. The Hall–Kier alpha value is -0.730. The highest BCUT2D eigenvalue weighted by Gasteiger charge is 2.01. The van der Waals surface area contributed by atoms with Crippen LogP contribution in [0, 0.1) is 0 Å². The van der Waals surface area contributed by atoms with Crippen molar-refractivity contribution >= 4 is 34.8 Å². The van der Waals surface area contributed by atoms with Crippen molar-refractivity contribution in [2.45, 2.75) is 6.92 Å². The lowest BCUT2D eigenvalue weighted by atomic mass is 10.3. The van der Waals surface area contributed by atoms with Crippen molar-refractivity contribution in [2.75, 3.05) is 5.32 Å². The molecule has 0 saturated heterocycles. The van der Waals surface area contributed by atoms with Crippen LogP contribution in [0.25, 0.3) is 0 Å². The first-order valence-corrected chi connectivity index (χ1v) is 4.08. The van der Waals surface area contributed by atoms with Gasteiger partial charge in [0.05, 0.1) is 10.7 Å². The van der Waals surface area contributed by atoms with Crippen LogP contribution in [-0.4, -0.2) is 5.91 Å². The molecule has 0 bridgehead atoms. The number of nitrogens with one attached hydrogen (secondary N) is 1. The van der Waals surface area contributed by atoms with Crippen LogP contribution in [0.3, 0.4) is 0 Å². The first-order chi connectivity index (χ1) is 5.59. The zero-order valence-electron chi connectivity index (χ0n) is 6.40. The molecule has 0 atom stereocenters. The minimum atomic E-state index is -0.153. The third kappa shape index (κ3) is 2.40. The molecule has 0 heterocycles. The first kappa shape index (κ1) is 9.36. The number of carbonyl (C=O) groups excluding carboxylic acids is 1. The Balaban J connectivity index is 2.93. The molecule has 2 nitrogen and oxygen atoms in total. The summed E-state index contributed by atoms with van der Waals surface area (Å²) < 4.78 is 0. The van der Waals surface area contributed by atoms with Gasteiger partial charge in [0.2, 0.25) is 5.91 Å². The van der Waals surface area contributed by atoms with E-state index in [1.165, 1.54) is 6.92 Å². The van der Waals surface area contributed by atoms with Crippen LogP contribution in [0.2, 0.25) is 10.0 Å². The fraction of sp³-hybridized carbons (Fsp3) is 0.125. The number of carbonyl (C=O) groups is 1. The van der Waals surface area contributed by atoms with Crippen LogP contribution in [0.5, 0.6) is 0 Å². The molecule has 0 spiro atoms. The van der Waals surface area contributed by atoms with E-state index in [4.69, 9.17) is 23.2 Å². The number of anilines is 1. The highest BCUT2D eigenvalue weighted by atomic mass is 35.5. The number of rotatable bonds is 1. The predicted molar refractivity (Wildman–Crippen MR) is 50.8 cm³/mol. The maximum absolute atomic E-state index is 10.6. The maximum atomic E-state index is 10.6. The maximum Gasteiger partial charge on any atom is 0.221 e. The van der Waals surface area contributed by atoms with E-state index in [0.717, 1.165) is 0 Å². The van der Waals surface area contributed by atoms with Gasteiger partial charge >= 0.3 is 0 Å². The fourth-order valence-corrected chi connectivity index (χ4v) is 1.24. The van der Waals surface area contributed by atoms with Gasteiger partial charge in [-0.15, -0.1) is 0 Å². The number of hydrogen-bond donors (Lipinski definition) is 1. The molecule has 0 radical (unpaired) electrons. The van der Waals surface area contributed by atoms with Crippen LogP contribution in [0.1, 0.15) is 6.92 Å². The zero-order valence-corrected chi connectivity index (χ0v) is 7.91. The number of halogens is 2. The highest BCUT2D eigenvalue weighted by Crippen LogP contribution is 2.24. The van der Waals surface area contributed by atoms with Gasteiger partial charge in [-0.25, -0.2) is 0 Å². The van der Waals surface area contributed by atoms with E-state index in [2.05, 4.69) is 5.32 Å². The van der Waals surface area contributed by atoms with Gasteiger partial charge in [0.25, 0.3) is 0 Å². The van der Waals surface area contributed by atoms with E-state index in [1.54, 1.807) is 18.2 Å². The lowest BCUT2D eigenvalue weighted by molar-refractivity contribution is -0.114. The van der Waals surface area contributed by atoms with E-state index in [0.29, 0.717) is 15.7 Å².